The van der Waals surface area contributed by atoms with Gasteiger partial charge in [0.05, 0.1) is 22.4 Å². The van der Waals surface area contributed by atoms with Crippen LogP contribution in [0.3, 0.4) is 0 Å². The summed E-state index contributed by atoms with van der Waals surface area (Å²) in [6.07, 6.45) is 3.56. The molecular formula is C25H20F4N6O3. The zero-order valence-electron chi connectivity index (χ0n) is 19.7. The number of rotatable bonds is 3. The van der Waals surface area contributed by atoms with Crippen LogP contribution in [-0.4, -0.2) is 43.2 Å². The van der Waals surface area contributed by atoms with Gasteiger partial charge >= 0.3 is 11.9 Å². The zero-order chi connectivity index (χ0) is 26.8. The third-order valence-corrected chi connectivity index (χ3v) is 7.01. The van der Waals surface area contributed by atoms with Crippen LogP contribution in [0, 0.1) is 5.82 Å². The maximum absolute atomic E-state index is 13.7. The molecule has 2 fully saturated rings. The Bertz CT molecular complexity index is 1700. The number of nitrogens with one attached hydrogen (secondary N) is 2. The molecule has 1 amide bonds. The number of halogens is 4. The average Bonchev–Trinajstić information content (AvgIpc) is 3.78. The van der Waals surface area contributed by atoms with E-state index >= 15 is 0 Å². The second kappa shape index (κ2) is 8.36. The number of para-hydroxylation sites is 1. The van der Waals surface area contributed by atoms with E-state index in [1.54, 1.807) is 23.0 Å². The fourth-order valence-electron chi connectivity index (χ4n) is 4.96. The predicted molar refractivity (Wildman–Crippen MR) is 127 cm³/mol. The molecule has 0 bridgehead atoms. The second-order valence-electron chi connectivity index (χ2n) is 9.66. The third-order valence-electron chi connectivity index (χ3n) is 7.01. The van der Waals surface area contributed by atoms with Crippen LogP contribution in [0.25, 0.3) is 16.9 Å². The Balaban J connectivity index is 0.000000140. The minimum Gasteiger partial charge on any atom is -0.313 e. The smallest absolute Gasteiger partial charge is 0.313 e. The molecule has 1 aromatic carbocycles. The number of carbonyl (C=O) groups excluding carboxylic acids is 1. The molecule has 2 N–H and O–H groups in total. The highest BCUT2D eigenvalue weighted by Crippen LogP contribution is 2.58. The lowest BCUT2D eigenvalue weighted by molar-refractivity contribution is -0.133. The van der Waals surface area contributed by atoms with Crippen molar-refractivity contribution in [3.63, 3.8) is 0 Å². The monoisotopic (exact) mass is 528 g/mol. The van der Waals surface area contributed by atoms with Crippen molar-refractivity contribution in [1.29, 1.82) is 0 Å². The van der Waals surface area contributed by atoms with Gasteiger partial charge in [0, 0.05) is 24.2 Å². The number of amides is 1. The topological polar surface area (TPSA) is 116 Å². The van der Waals surface area contributed by atoms with Gasteiger partial charge in [-0.1, -0.05) is 12.1 Å². The van der Waals surface area contributed by atoms with Gasteiger partial charge in [0.15, 0.2) is 5.65 Å². The maximum Gasteiger partial charge on any atom is 0.406 e. The van der Waals surface area contributed by atoms with Crippen LogP contribution in [0.2, 0.25) is 0 Å². The molecule has 7 rings (SSSR count). The normalized spacial score (nSPS) is 17.5. The van der Waals surface area contributed by atoms with E-state index in [9.17, 15) is 31.9 Å². The largest absolute Gasteiger partial charge is 0.406 e. The van der Waals surface area contributed by atoms with Gasteiger partial charge in [-0.2, -0.15) is 18.3 Å². The molecule has 0 unspecified atom stereocenters. The van der Waals surface area contributed by atoms with Crippen LogP contribution in [0.1, 0.15) is 42.7 Å². The summed E-state index contributed by atoms with van der Waals surface area (Å²) in [5, 5.41) is 4.38. The SMILES string of the molecule is O=C1N(CC(F)(F)F)c2c(F)cccc2C12CC2.O=c1[nH]cc(-c2cc(C3CC3)c3nccn3n2)c(=O)[nH]1. The summed E-state index contributed by atoms with van der Waals surface area (Å²) in [5.74, 6) is -0.905. The van der Waals surface area contributed by atoms with Gasteiger partial charge in [-0.15, -0.1) is 0 Å². The molecule has 2 saturated carbocycles. The minimum absolute atomic E-state index is 0.197. The molecule has 9 nitrogen and oxygen atoms in total. The molecule has 0 atom stereocenters. The third kappa shape index (κ3) is 4.07. The number of aromatic nitrogens is 5. The van der Waals surface area contributed by atoms with Crippen molar-refractivity contribution in [3.05, 3.63) is 80.6 Å². The number of H-pyrrole nitrogens is 2. The highest BCUT2D eigenvalue weighted by Gasteiger charge is 2.61. The number of nitrogens with zero attached hydrogens (tertiary/aromatic N) is 4. The van der Waals surface area contributed by atoms with Gasteiger partial charge < -0.3 is 4.98 Å². The highest BCUT2D eigenvalue weighted by molar-refractivity contribution is 6.10. The number of benzene rings is 1. The summed E-state index contributed by atoms with van der Waals surface area (Å²) in [5.41, 5.74) is 1.17. The summed E-state index contributed by atoms with van der Waals surface area (Å²) in [6.45, 7) is -1.43. The molecule has 38 heavy (non-hydrogen) atoms. The van der Waals surface area contributed by atoms with Crippen LogP contribution in [0.5, 0.6) is 0 Å². The van der Waals surface area contributed by atoms with E-state index in [2.05, 4.69) is 20.1 Å². The van der Waals surface area contributed by atoms with Crippen molar-refractivity contribution in [1.82, 2.24) is 24.6 Å². The lowest BCUT2D eigenvalue weighted by Crippen LogP contribution is -2.39. The first-order chi connectivity index (χ1) is 18.1. The molecule has 13 heteroatoms. The summed E-state index contributed by atoms with van der Waals surface area (Å²) < 4.78 is 52.8. The fraction of sp³-hybridized carbons (Fsp3) is 0.320. The maximum atomic E-state index is 13.7. The van der Waals surface area contributed by atoms with Gasteiger partial charge in [0.25, 0.3) is 5.56 Å². The van der Waals surface area contributed by atoms with E-state index in [1.165, 1.54) is 12.3 Å². The van der Waals surface area contributed by atoms with Crippen LogP contribution in [0.4, 0.5) is 23.2 Å². The lowest BCUT2D eigenvalue weighted by atomic mass is 9.98. The fourth-order valence-corrected chi connectivity index (χ4v) is 4.96. The first kappa shape index (κ1) is 24.1. The Hall–Kier alpha value is -4.29. The second-order valence-corrected chi connectivity index (χ2v) is 9.66. The molecule has 3 aliphatic rings. The molecule has 4 aromatic rings. The Morgan fingerprint density at radius 2 is 1.89 bits per heavy atom. The van der Waals surface area contributed by atoms with Gasteiger partial charge in [-0.3, -0.25) is 19.5 Å². The molecule has 0 saturated heterocycles. The summed E-state index contributed by atoms with van der Waals surface area (Å²) in [7, 11) is 0. The number of aromatic amines is 2. The van der Waals surface area contributed by atoms with Crippen molar-refractivity contribution in [2.75, 3.05) is 11.4 Å². The number of imidazole rings is 1. The van der Waals surface area contributed by atoms with E-state index in [0.29, 0.717) is 40.5 Å². The first-order valence-electron chi connectivity index (χ1n) is 11.9. The van der Waals surface area contributed by atoms with Gasteiger partial charge in [0.1, 0.15) is 12.4 Å². The number of hydrogen-bond donors (Lipinski definition) is 2. The summed E-state index contributed by atoms with van der Waals surface area (Å²) in [4.78, 5) is 44.5. The van der Waals surface area contributed by atoms with Gasteiger partial charge in [-0.25, -0.2) is 18.7 Å². The van der Waals surface area contributed by atoms with Gasteiger partial charge in [0.2, 0.25) is 5.91 Å². The number of hydrogen-bond acceptors (Lipinski definition) is 5. The van der Waals surface area contributed by atoms with E-state index in [1.807, 2.05) is 6.07 Å². The van der Waals surface area contributed by atoms with E-state index in [0.717, 1.165) is 30.1 Å². The van der Waals surface area contributed by atoms with Crippen molar-refractivity contribution in [3.8, 4) is 11.3 Å². The molecular weight excluding hydrogens is 508 g/mol. The predicted octanol–water partition coefficient (Wildman–Crippen LogP) is 3.42. The van der Waals surface area contributed by atoms with Crippen molar-refractivity contribution < 1.29 is 22.4 Å². The van der Waals surface area contributed by atoms with Crippen LogP contribution >= 0.6 is 0 Å². The number of carbonyl (C=O) groups is 1. The molecule has 1 spiro atoms. The van der Waals surface area contributed by atoms with Gasteiger partial charge in [-0.05, 0) is 49.3 Å². The Morgan fingerprint density at radius 1 is 1.13 bits per heavy atom. The molecule has 4 heterocycles. The van der Waals surface area contributed by atoms with Crippen LogP contribution in [0.15, 0.2) is 52.4 Å². The zero-order valence-corrected chi connectivity index (χ0v) is 19.7. The molecule has 2 aliphatic carbocycles. The lowest BCUT2D eigenvalue weighted by Gasteiger charge is -2.19. The molecule has 3 aromatic heterocycles. The van der Waals surface area contributed by atoms with E-state index in [-0.39, 0.29) is 5.69 Å². The van der Waals surface area contributed by atoms with Crippen molar-refractivity contribution >= 4 is 17.2 Å². The molecule has 0 radical (unpaired) electrons. The Labute approximate surface area is 211 Å². The Kier molecular flexibility index (Phi) is 5.30. The first-order valence-corrected chi connectivity index (χ1v) is 11.9. The van der Waals surface area contributed by atoms with Crippen molar-refractivity contribution in [2.24, 2.45) is 0 Å². The van der Waals surface area contributed by atoms with Crippen molar-refractivity contribution in [2.45, 2.75) is 43.2 Å². The molecule has 1 aliphatic heterocycles. The van der Waals surface area contributed by atoms with Crippen LogP contribution < -0.4 is 16.1 Å². The number of fused-ring (bicyclic) bond motifs is 3. The van der Waals surface area contributed by atoms with Crippen LogP contribution in [-0.2, 0) is 10.2 Å². The van der Waals surface area contributed by atoms with E-state index < -0.39 is 41.1 Å². The average molecular weight is 528 g/mol. The summed E-state index contributed by atoms with van der Waals surface area (Å²) in [6, 6.07) is 5.94. The highest BCUT2D eigenvalue weighted by atomic mass is 19.4. The van der Waals surface area contributed by atoms with E-state index in [4.69, 9.17) is 0 Å². The quantitative estimate of drug-likeness (QED) is 0.396. The summed E-state index contributed by atoms with van der Waals surface area (Å²) >= 11 is 0. The standard InChI is InChI=1S/C13H11N5O2.C12H9F4NO/c19-12-9(6-15-13(20)16-12)10-5-8(7-1-2-7)11-14-3-4-18(11)17-10;13-8-3-1-2-7-9(8)17(6-12(14,15)16)10(18)11(7)4-5-11/h3-7H,1-2H2,(H2,15,16,19,20);1-3H,4-6H2. The number of anilines is 1. The Morgan fingerprint density at radius 3 is 2.55 bits per heavy atom. The minimum atomic E-state index is -4.53. The molecule has 196 valence electrons. The number of alkyl halides is 3.